The Kier molecular flexibility index (Phi) is 3.76. The molecule has 0 unspecified atom stereocenters. The van der Waals surface area contributed by atoms with E-state index in [4.69, 9.17) is 5.84 Å². The number of nitrogens with zero attached hydrogens (tertiary/aromatic N) is 2. The number of nitrogen functional groups attached to an aromatic ring is 1. The summed E-state index contributed by atoms with van der Waals surface area (Å²) in [6.07, 6.45) is 0. The Bertz CT molecular complexity index is 772. The number of fused-ring (bicyclic) bond motifs is 1. The molecule has 2 heterocycles. The summed E-state index contributed by atoms with van der Waals surface area (Å²) in [4.78, 5) is 20.8. The molecule has 21 heavy (non-hydrogen) atoms. The molecule has 6 nitrogen and oxygen atoms in total. The number of carbonyl (C=O) groups excluding carboxylic acids is 1. The summed E-state index contributed by atoms with van der Waals surface area (Å²) < 4.78 is 0. The second-order valence-corrected chi connectivity index (χ2v) is 5.10. The van der Waals surface area contributed by atoms with Crippen molar-refractivity contribution in [2.45, 2.75) is 6.54 Å². The van der Waals surface area contributed by atoms with Crippen molar-refractivity contribution in [3.8, 4) is 0 Å². The van der Waals surface area contributed by atoms with Crippen molar-refractivity contribution in [3.05, 3.63) is 52.5 Å². The van der Waals surface area contributed by atoms with Crippen molar-refractivity contribution < 1.29 is 4.79 Å². The summed E-state index contributed by atoms with van der Waals surface area (Å²) in [5, 5.41) is 5.54. The van der Waals surface area contributed by atoms with E-state index in [9.17, 15) is 4.79 Å². The number of thiazole rings is 1. The molecule has 106 valence electrons. The highest BCUT2D eigenvalue weighted by atomic mass is 32.1. The van der Waals surface area contributed by atoms with Crippen LogP contribution in [0.5, 0.6) is 0 Å². The number of rotatable bonds is 4. The number of para-hydroxylation sites is 1. The van der Waals surface area contributed by atoms with Gasteiger partial charge in [0.05, 0.1) is 28.8 Å². The number of amides is 1. The lowest BCUT2D eigenvalue weighted by Crippen LogP contribution is -2.23. The molecule has 0 aliphatic rings. The van der Waals surface area contributed by atoms with E-state index in [0.717, 1.165) is 11.1 Å². The van der Waals surface area contributed by atoms with Gasteiger partial charge in [-0.3, -0.25) is 4.79 Å². The number of nitrogens with one attached hydrogen (secondary N) is 2. The Hall–Kier alpha value is -2.51. The summed E-state index contributed by atoms with van der Waals surface area (Å²) >= 11 is 1.50. The van der Waals surface area contributed by atoms with E-state index in [1.165, 1.54) is 11.3 Å². The van der Waals surface area contributed by atoms with Gasteiger partial charge in [0, 0.05) is 10.8 Å². The molecule has 3 rings (SSSR count). The second-order valence-electron chi connectivity index (χ2n) is 4.38. The van der Waals surface area contributed by atoms with Crippen molar-refractivity contribution >= 4 is 34.0 Å². The summed E-state index contributed by atoms with van der Waals surface area (Å²) in [5.74, 6) is 5.68. The molecule has 4 N–H and O–H groups in total. The van der Waals surface area contributed by atoms with Crippen LogP contribution >= 0.6 is 11.3 Å². The topological polar surface area (TPSA) is 92.9 Å². The smallest absolute Gasteiger partial charge is 0.252 e. The molecule has 0 aliphatic heterocycles. The van der Waals surface area contributed by atoms with Crippen LogP contribution in [0.3, 0.4) is 0 Å². The molecule has 0 atom stereocenters. The third kappa shape index (κ3) is 2.83. The van der Waals surface area contributed by atoms with E-state index in [-0.39, 0.29) is 5.91 Å². The van der Waals surface area contributed by atoms with Gasteiger partial charge in [-0.1, -0.05) is 18.2 Å². The van der Waals surface area contributed by atoms with Crippen molar-refractivity contribution in [3.63, 3.8) is 0 Å². The van der Waals surface area contributed by atoms with Gasteiger partial charge in [0.1, 0.15) is 5.82 Å². The van der Waals surface area contributed by atoms with Crippen LogP contribution in [-0.4, -0.2) is 15.9 Å². The van der Waals surface area contributed by atoms with Gasteiger partial charge in [-0.25, -0.2) is 15.8 Å². The molecule has 1 aromatic carbocycles. The number of pyridine rings is 1. The Balaban J connectivity index is 1.92. The van der Waals surface area contributed by atoms with E-state index in [1.807, 2.05) is 29.6 Å². The van der Waals surface area contributed by atoms with Gasteiger partial charge < -0.3 is 10.7 Å². The fraction of sp³-hybridized carbons (Fsp3) is 0.0714. The molecule has 1 amide bonds. The van der Waals surface area contributed by atoms with E-state index in [0.29, 0.717) is 23.4 Å². The maximum atomic E-state index is 12.4. The summed E-state index contributed by atoms with van der Waals surface area (Å²) in [5.41, 5.74) is 6.30. The predicted octanol–water partition coefficient (Wildman–Crippen LogP) is 1.91. The maximum absolute atomic E-state index is 12.4. The van der Waals surface area contributed by atoms with Crippen LogP contribution in [-0.2, 0) is 6.54 Å². The first-order chi connectivity index (χ1) is 10.3. The molecule has 0 fully saturated rings. The Morgan fingerprint density at radius 2 is 2.19 bits per heavy atom. The monoisotopic (exact) mass is 299 g/mol. The minimum Gasteiger partial charge on any atom is -0.346 e. The molecule has 0 aliphatic carbocycles. The number of carbonyl (C=O) groups is 1. The molecule has 0 spiro atoms. The van der Waals surface area contributed by atoms with Gasteiger partial charge in [-0.15, -0.1) is 11.3 Å². The van der Waals surface area contributed by atoms with Gasteiger partial charge in [0.25, 0.3) is 5.91 Å². The molecule has 2 aromatic heterocycles. The van der Waals surface area contributed by atoms with Crippen LogP contribution in [0, 0.1) is 0 Å². The number of hydrogen-bond acceptors (Lipinski definition) is 6. The van der Waals surface area contributed by atoms with Crippen LogP contribution in [0.15, 0.2) is 41.2 Å². The molecule has 0 bridgehead atoms. The average molecular weight is 299 g/mol. The zero-order valence-corrected chi connectivity index (χ0v) is 11.9. The van der Waals surface area contributed by atoms with Gasteiger partial charge in [0.2, 0.25) is 0 Å². The molecule has 0 saturated heterocycles. The summed E-state index contributed by atoms with van der Waals surface area (Å²) in [7, 11) is 0. The lowest BCUT2D eigenvalue weighted by atomic mass is 10.1. The third-order valence-corrected chi connectivity index (χ3v) is 3.66. The zero-order chi connectivity index (χ0) is 14.7. The Labute approximate surface area is 125 Å². The highest BCUT2D eigenvalue weighted by molar-refractivity contribution is 7.07. The number of hydrogen-bond donors (Lipinski definition) is 3. The molecule has 7 heteroatoms. The van der Waals surface area contributed by atoms with Gasteiger partial charge >= 0.3 is 0 Å². The molecular weight excluding hydrogens is 286 g/mol. The minimum absolute atomic E-state index is 0.182. The molecule has 0 radical (unpaired) electrons. The standard InChI is InChI=1S/C14H13N5OS/c15-19-13-5-11(10-3-1-2-4-12(10)18-13)14(20)16-6-9-7-21-8-17-9/h1-5,7-8H,6,15H2,(H,16,20)(H,18,19). The average Bonchev–Trinajstić information content (AvgIpc) is 3.05. The fourth-order valence-electron chi connectivity index (χ4n) is 2.03. The first kappa shape index (κ1) is 13.5. The van der Waals surface area contributed by atoms with E-state index >= 15 is 0 Å². The van der Waals surface area contributed by atoms with Crippen LogP contribution in [0.25, 0.3) is 10.9 Å². The first-order valence-electron chi connectivity index (χ1n) is 6.29. The zero-order valence-electron chi connectivity index (χ0n) is 11.0. The largest absolute Gasteiger partial charge is 0.346 e. The number of nitrogens with two attached hydrogens (primary N) is 1. The van der Waals surface area contributed by atoms with Crippen LogP contribution < -0.4 is 16.6 Å². The molecule has 3 aromatic rings. The summed E-state index contributed by atoms with van der Waals surface area (Å²) in [6.45, 7) is 0.393. The Morgan fingerprint density at radius 3 is 2.95 bits per heavy atom. The van der Waals surface area contributed by atoms with Crippen molar-refractivity contribution in [1.82, 2.24) is 15.3 Å². The van der Waals surface area contributed by atoms with Crippen molar-refractivity contribution in [2.75, 3.05) is 5.43 Å². The van der Waals surface area contributed by atoms with Crippen molar-refractivity contribution in [2.24, 2.45) is 5.84 Å². The third-order valence-electron chi connectivity index (χ3n) is 3.02. The summed E-state index contributed by atoms with van der Waals surface area (Å²) in [6, 6.07) is 9.08. The van der Waals surface area contributed by atoms with Crippen molar-refractivity contribution in [1.29, 1.82) is 0 Å². The van der Waals surface area contributed by atoms with E-state index in [2.05, 4.69) is 20.7 Å². The van der Waals surface area contributed by atoms with Gasteiger partial charge in [-0.2, -0.15) is 0 Å². The fourth-order valence-corrected chi connectivity index (χ4v) is 2.59. The number of benzene rings is 1. The first-order valence-corrected chi connectivity index (χ1v) is 7.24. The van der Waals surface area contributed by atoms with E-state index in [1.54, 1.807) is 11.6 Å². The normalized spacial score (nSPS) is 10.5. The van der Waals surface area contributed by atoms with Crippen LogP contribution in [0.2, 0.25) is 0 Å². The van der Waals surface area contributed by atoms with Gasteiger partial charge in [-0.05, 0) is 12.1 Å². The van der Waals surface area contributed by atoms with Gasteiger partial charge in [0.15, 0.2) is 0 Å². The lowest BCUT2D eigenvalue weighted by molar-refractivity contribution is 0.0952. The highest BCUT2D eigenvalue weighted by Crippen LogP contribution is 2.20. The molecule has 0 saturated carbocycles. The highest BCUT2D eigenvalue weighted by Gasteiger charge is 2.12. The number of aromatic nitrogens is 2. The quantitative estimate of drug-likeness (QED) is 0.505. The Morgan fingerprint density at radius 1 is 1.33 bits per heavy atom. The van der Waals surface area contributed by atoms with E-state index < -0.39 is 0 Å². The van der Waals surface area contributed by atoms with Crippen LogP contribution in [0.4, 0.5) is 5.82 Å². The minimum atomic E-state index is -0.182. The number of hydrazine groups is 1. The SMILES string of the molecule is NNc1cc(C(=O)NCc2cscn2)c2ccccc2n1. The maximum Gasteiger partial charge on any atom is 0.252 e. The lowest BCUT2D eigenvalue weighted by Gasteiger charge is -2.09. The number of anilines is 1. The molecular formula is C14H13N5OS. The second kappa shape index (κ2) is 5.86. The predicted molar refractivity (Wildman–Crippen MR) is 82.8 cm³/mol. The van der Waals surface area contributed by atoms with Crippen LogP contribution in [0.1, 0.15) is 16.1 Å².